The summed E-state index contributed by atoms with van der Waals surface area (Å²) in [7, 11) is 0. The molecule has 1 amide bonds. The Balaban J connectivity index is 1.42. The number of benzene rings is 1. The van der Waals surface area contributed by atoms with Crippen LogP contribution >= 0.6 is 0 Å². The molecule has 1 atom stereocenters. The lowest BCUT2D eigenvalue weighted by Crippen LogP contribution is -2.34. The summed E-state index contributed by atoms with van der Waals surface area (Å²) in [6, 6.07) is 12.6. The van der Waals surface area contributed by atoms with Gasteiger partial charge >= 0.3 is 0 Å². The largest absolute Gasteiger partial charge is 0.486 e. The zero-order valence-corrected chi connectivity index (χ0v) is 16.4. The highest BCUT2D eigenvalue weighted by Gasteiger charge is 2.18. The van der Waals surface area contributed by atoms with Crippen molar-refractivity contribution >= 4 is 22.6 Å². The van der Waals surface area contributed by atoms with Crippen LogP contribution in [0.4, 0.5) is 0 Å². The minimum absolute atomic E-state index is 0.122. The molecule has 1 unspecified atom stereocenters. The summed E-state index contributed by atoms with van der Waals surface area (Å²) in [5, 5.41) is 2.96. The normalized spacial score (nSPS) is 14.0. The molecular formula is C22H20N4O4. The first kappa shape index (κ1) is 18.2. The maximum Gasteiger partial charge on any atom is 0.276 e. The van der Waals surface area contributed by atoms with Crippen LogP contribution in [-0.4, -0.2) is 33.1 Å². The van der Waals surface area contributed by atoms with Crippen LogP contribution in [0, 0.1) is 0 Å². The monoisotopic (exact) mass is 404 g/mol. The minimum atomic E-state index is -0.276. The van der Waals surface area contributed by atoms with E-state index in [1.54, 1.807) is 28.8 Å². The molecule has 8 heteroatoms. The second-order valence-electron chi connectivity index (χ2n) is 7.19. The highest BCUT2D eigenvalue weighted by molar-refractivity contribution is 5.80. The molecule has 152 valence electrons. The highest BCUT2D eigenvalue weighted by Crippen LogP contribution is 2.32. The fourth-order valence-electron chi connectivity index (χ4n) is 3.77. The molecule has 1 aliphatic heterocycles. The molecule has 5 rings (SSSR count). The van der Waals surface area contributed by atoms with Crippen molar-refractivity contribution in [3.05, 3.63) is 70.8 Å². The first-order chi connectivity index (χ1) is 14.6. The van der Waals surface area contributed by atoms with E-state index < -0.39 is 0 Å². The number of carbonyl (C=O) groups is 1. The van der Waals surface area contributed by atoms with Crippen molar-refractivity contribution in [2.45, 2.75) is 19.5 Å². The quantitative estimate of drug-likeness (QED) is 0.564. The Morgan fingerprint density at radius 2 is 1.93 bits per heavy atom. The molecule has 30 heavy (non-hydrogen) atoms. The van der Waals surface area contributed by atoms with Gasteiger partial charge in [-0.1, -0.05) is 6.07 Å². The van der Waals surface area contributed by atoms with Crippen LogP contribution in [0.2, 0.25) is 0 Å². The molecule has 1 N–H and O–H groups in total. The number of fused-ring (bicyclic) bond motifs is 4. The molecule has 0 saturated heterocycles. The highest BCUT2D eigenvalue weighted by atomic mass is 16.6. The number of hydrogen-bond donors (Lipinski definition) is 1. The molecule has 0 aliphatic carbocycles. The summed E-state index contributed by atoms with van der Waals surface area (Å²) in [4.78, 5) is 30.1. The number of amides is 1. The summed E-state index contributed by atoms with van der Waals surface area (Å²) in [5.74, 6) is 1.10. The van der Waals surface area contributed by atoms with E-state index in [4.69, 9.17) is 9.47 Å². The number of rotatable bonds is 4. The van der Waals surface area contributed by atoms with Crippen LogP contribution in [0.3, 0.4) is 0 Å². The molecule has 8 nitrogen and oxygen atoms in total. The molecule has 0 radical (unpaired) electrons. The van der Waals surface area contributed by atoms with Crippen molar-refractivity contribution in [1.29, 1.82) is 0 Å². The standard InChI is InChI=1S/C22H20N4O4/c1-14(15-6-7-18-19(12-15)30-11-10-29-18)24-20(27)13-26-21-16(4-2-8-23-21)25-9-3-5-17(25)22(26)28/h2-9,12,14H,10-11,13H2,1H3,(H,24,27). The van der Waals surface area contributed by atoms with Crippen LogP contribution in [0.15, 0.2) is 59.7 Å². The van der Waals surface area contributed by atoms with Gasteiger partial charge in [0.1, 0.15) is 25.3 Å². The molecule has 4 heterocycles. The average Bonchev–Trinajstić information content (AvgIpc) is 3.27. The summed E-state index contributed by atoms with van der Waals surface area (Å²) in [6.07, 6.45) is 3.43. The van der Waals surface area contributed by atoms with Crippen molar-refractivity contribution in [1.82, 2.24) is 19.3 Å². The molecule has 0 spiro atoms. The van der Waals surface area contributed by atoms with Gasteiger partial charge in [-0.15, -0.1) is 0 Å². The van der Waals surface area contributed by atoms with Gasteiger partial charge in [0, 0.05) is 12.4 Å². The van der Waals surface area contributed by atoms with E-state index in [1.807, 2.05) is 37.4 Å². The molecule has 1 aliphatic rings. The Morgan fingerprint density at radius 1 is 1.13 bits per heavy atom. The second kappa shape index (κ2) is 7.22. The third-order valence-electron chi connectivity index (χ3n) is 5.24. The van der Waals surface area contributed by atoms with Gasteiger partial charge < -0.3 is 19.2 Å². The number of nitrogens with one attached hydrogen (secondary N) is 1. The predicted octanol–water partition coefficient (Wildman–Crippen LogP) is 2.30. The number of ether oxygens (including phenoxy) is 2. The van der Waals surface area contributed by atoms with Gasteiger partial charge in [0.2, 0.25) is 5.91 Å². The van der Waals surface area contributed by atoms with E-state index in [1.165, 1.54) is 4.57 Å². The lowest BCUT2D eigenvalue weighted by Gasteiger charge is -2.21. The number of aromatic nitrogens is 3. The first-order valence-electron chi connectivity index (χ1n) is 9.75. The van der Waals surface area contributed by atoms with Crippen molar-refractivity contribution < 1.29 is 14.3 Å². The van der Waals surface area contributed by atoms with E-state index in [9.17, 15) is 9.59 Å². The van der Waals surface area contributed by atoms with E-state index >= 15 is 0 Å². The second-order valence-corrected chi connectivity index (χ2v) is 7.19. The number of hydrogen-bond acceptors (Lipinski definition) is 5. The van der Waals surface area contributed by atoms with E-state index in [2.05, 4.69) is 10.3 Å². The van der Waals surface area contributed by atoms with Crippen LogP contribution < -0.4 is 20.3 Å². The average molecular weight is 404 g/mol. The SMILES string of the molecule is CC(NC(=O)Cn1c(=O)c2cccn2c2cccnc21)c1ccc2c(c1)OCCO2. The first-order valence-corrected chi connectivity index (χ1v) is 9.75. The van der Waals surface area contributed by atoms with Crippen molar-refractivity contribution in [3.63, 3.8) is 0 Å². The minimum Gasteiger partial charge on any atom is -0.486 e. The van der Waals surface area contributed by atoms with Crippen LogP contribution in [0.5, 0.6) is 11.5 Å². The van der Waals surface area contributed by atoms with E-state index in [-0.39, 0.29) is 24.1 Å². The van der Waals surface area contributed by atoms with Gasteiger partial charge in [0.05, 0.1) is 11.6 Å². The van der Waals surface area contributed by atoms with Gasteiger partial charge in [0.25, 0.3) is 5.56 Å². The predicted molar refractivity (Wildman–Crippen MR) is 111 cm³/mol. The van der Waals surface area contributed by atoms with Crippen LogP contribution in [-0.2, 0) is 11.3 Å². The molecular weight excluding hydrogens is 384 g/mol. The molecule has 0 fully saturated rings. The Labute approximate surface area is 171 Å². The number of pyridine rings is 1. The van der Waals surface area contributed by atoms with Gasteiger partial charge in [-0.2, -0.15) is 0 Å². The van der Waals surface area contributed by atoms with Crippen LogP contribution in [0.25, 0.3) is 16.7 Å². The maximum absolute atomic E-state index is 12.9. The van der Waals surface area contributed by atoms with Crippen molar-refractivity contribution in [2.24, 2.45) is 0 Å². The van der Waals surface area contributed by atoms with Crippen molar-refractivity contribution in [2.75, 3.05) is 13.2 Å². The number of carbonyl (C=O) groups excluding carboxylic acids is 1. The van der Waals surface area contributed by atoms with Gasteiger partial charge in [-0.25, -0.2) is 4.98 Å². The topological polar surface area (TPSA) is 86.9 Å². The molecule has 0 saturated carbocycles. The maximum atomic E-state index is 12.9. The van der Waals surface area contributed by atoms with E-state index in [0.717, 1.165) is 11.1 Å². The van der Waals surface area contributed by atoms with Gasteiger partial charge in [-0.3, -0.25) is 14.2 Å². The molecule has 4 aromatic rings. The Hall–Kier alpha value is -3.81. The molecule has 0 bridgehead atoms. The smallest absolute Gasteiger partial charge is 0.276 e. The van der Waals surface area contributed by atoms with Crippen molar-refractivity contribution in [3.8, 4) is 11.5 Å². The molecule has 3 aromatic heterocycles. The zero-order valence-electron chi connectivity index (χ0n) is 16.4. The van der Waals surface area contributed by atoms with Crippen LogP contribution in [0.1, 0.15) is 18.5 Å². The third-order valence-corrected chi connectivity index (χ3v) is 5.24. The fourth-order valence-corrected chi connectivity index (χ4v) is 3.77. The Bertz CT molecular complexity index is 1320. The summed E-state index contributed by atoms with van der Waals surface area (Å²) < 4.78 is 14.4. The molecule has 1 aromatic carbocycles. The lowest BCUT2D eigenvalue weighted by molar-refractivity contribution is -0.122. The van der Waals surface area contributed by atoms with Gasteiger partial charge in [0.15, 0.2) is 17.1 Å². The Morgan fingerprint density at radius 3 is 2.80 bits per heavy atom. The fraction of sp³-hybridized carbons (Fsp3) is 0.227. The third kappa shape index (κ3) is 3.06. The van der Waals surface area contributed by atoms with E-state index in [0.29, 0.717) is 35.9 Å². The lowest BCUT2D eigenvalue weighted by atomic mass is 10.1. The summed E-state index contributed by atoms with van der Waals surface area (Å²) >= 11 is 0. The Kier molecular flexibility index (Phi) is 4.39. The number of nitrogens with zero attached hydrogens (tertiary/aromatic N) is 3. The zero-order chi connectivity index (χ0) is 20.7. The van der Waals surface area contributed by atoms with Gasteiger partial charge in [-0.05, 0) is 48.9 Å². The summed E-state index contributed by atoms with van der Waals surface area (Å²) in [5.41, 5.74) is 2.37. The summed E-state index contributed by atoms with van der Waals surface area (Å²) in [6.45, 7) is 2.80.